The Hall–Kier alpha value is -3.67. The Labute approximate surface area is 400 Å². The zero-order chi connectivity index (χ0) is 47.2. The minimum atomic E-state index is -0.808. The van der Waals surface area contributed by atoms with Crippen LogP contribution in [0.2, 0.25) is 0 Å². The van der Waals surface area contributed by atoms with Crippen molar-refractivity contribution in [1.29, 1.82) is 0 Å². The highest BCUT2D eigenvalue weighted by atomic mass is 16.6. The monoisotopic (exact) mass is 903 g/mol. The maximum absolute atomic E-state index is 12.8. The van der Waals surface area contributed by atoms with E-state index in [9.17, 15) is 14.4 Å². The maximum atomic E-state index is 12.8. The van der Waals surface area contributed by atoms with Crippen LogP contribution >= 0.6 is 0 Å². The summed E-state index contributed by atoms with van der Waals surface area (Å²) in [7, 11) is 0. The van der Waals surface area contributed by atoms with Gasteiger partial charge in [0.2, 0.25) is 0 Å². The molecule has 0 saturated carbocycles. The fraction of sp³-hybridized carbons (Fsp3) is 0.678. The molecule has 0 aromatic rings. The van der Waals surface area contributed by atoms with Crippen molar-refractivity contribution in [3.05, 3.63) is 97.2 Å². The molecule has 0 radical (unpaired) electrons. The molecule has 0 rings (SSSR count). The molecule has 6 heteroatoms. The summed E-state index contributed by atoms with van der Waals surface area (Å²) in [5.41, 5.74) is 0. The molecular weight excluding hydrogens is 805 g/mol. The number of allylic oxidation sites excluding steroid dienone is 16. The Kier molecular flexibility index (Phi) is 50.0. The van der Waals surface area contributed by atoms with Gasteiger partial charge in [0.1, 0.15) is 13.2 Å². The van der Waals surface area contributed by atoms with E-state index in [0.717, 1.165) is 116 Å². The number of esters is 3. The van der Waals surface area contributed by atoms with Gasteiger partial charge >= 0.3 is 17.9 Å². The number of unbranched alkanes of at least 4 members (excludes halogenated alkanes) is 20. The van der Waals surface area contributed by atoms with Crippen LogP contribution in [0.5, 0.6) is 0 Å². The molecule has 0 heterocycles. The molecule has 0 aliphatic rings. The summed E-state index contributed by atoms with van der Waals surface area (Å²) in [5.74, 6) is -0.979. The number of rotatable bonds is 47. The van der Waals surface area contributed by atoms with Gasteiger partial charge in [-0.3, -0.25) is 14.4 Å². The normalized spacial score (nSPS) is 12.8. The van der Waals surface area contributed by atoms with Gasteiger partial charge in [0.25, 0.3) is 0 Å². The molecule has 0 bridgehead atoms. The standard InChI is InChI=1S/C59H98O6/c1-4-7-10-13-16-19-22-25-28-29-32-34-37-40-43-46-49-52-58(61)64-55-56(65-59(62)53-50-47-44-41-38-35-31-27-24-21-18-15-12-9-6-3)54-63-57(60)51-48-45-42-39-36-33-30-26-23-20-17-14-11-8-5-2/h7,9-10,12,16,18-19,21,25,27-28,31-32,34,40,43,56H,4-6,8,11,13-15,17,20,22-24,26,29-30,33,35-39,41-42,44-55H2,1-3H3/b10-7-,12-9-,19-16-,21-18-,28-25-,31-27-,34-32-,43-40-/t56-/m1/s1. The maximum Gasteiger partial charge on any atom is 0.306 e. The number of carbonyl (C=O) groups is 3. The van der Waals surface area contributed by atoms with E-state index >= 15 is 0 Å². The number of ether oxygens (including phenoxy) is 3. The van der Waals surface area contributed by atoms with E-state index in [1.807, 2.05) is 0 Å². The van der Waals surface area contributed by atoms with Gasteiger partial charge in [-0.2, -0.15) is 0 Å². The quantitative estimate of drug-likeness (QED) is 0.0262. The van der Waals surface area contributed by atoms with E-state index in [2.05, 4.69) is 118 Å². The minimum Gasteiger partial charge on any atom is -0.462 e. The lowest BCUT2D eigenvalue weighted by Crippen LogP contribution is -2.30. The first-order valence-electron chi connectivity index (χ1n) is 26.7. The summed E-state index contributed by atoms with van der Waals surface area (Å²) >= 11 is 0. The fourth-order valence-corrected chi connectivity index (χ4v) is 7.14. The second-order valence-electron chi connectivity index (χ2n) is 17.4. The van der Waals surface area contributed by atoms with Gasteiger partial charge in [-0.1, -0.05) is 227 Å². The predicted octanol–water partition coefficient (Wildman–Crippen LogP) is 17.8. The second-order valence-corrected chi connectivity index (χ2v) is 17.4. The molecule has 0 spiro atoms. The first-order chi connectivity index (χ1) is 32.0. The Morgan fingerprint density at radius 2 is 0.615 bits per heavy atom. The van der Waals surface area contributed by atoms with Crippen molar-refractivity contribution in [1.82, 2.24) is 0 Å². The van der Waals surface area contributed by atoms with Crippen molar-refractivity contribution >= 4 is 17.9 Å². The molecule has 370 valence electrons. The van der Waals surface area contributed by atoms with E-state index < -0.39 is 6.10 Å². The average Bonchev–Trinajstić information content (AvgIpc) is 3.30. The third kappa shape index (κ3) is 51.2. The lowest BCUT2D eigenvalue weighted by molar-refractivity contribution is -0.167. The third-order valence-electron chi connectivity index (χ3n) is 11.1. The van der Waals surface area contributed by atoms with Crippen molar-refractivity contribution in [3.8, 4) is 0 Å². The van der Waals surface area contributed by atoms with Crippen molar-refractivity contribution in [3.63, 3.8) is 0 Å². The Balaban J connectivity index is 4.50. The third-order valence-corrected chi connectivity index (χ3v) is 11.1. The Morgan fingerprint density at radius 1 is 0.323 bits per heavy atom. The van der Waals surface area contributed by atoms with Gasteiger partial charge in [-0.25, -0.2) is 0 Å². The Bertz CT molecular complexity index is 1310. The molecule has 6 nitrogen and oxygen atoms in total. The van der Waals surface area contributed by atoms with Crippen LogP contribution in [0.3, 0.4) is 0 Å². The van der Waals surface area contributed by atoms with Crippen LogP contribution in [-0.4, -0.2) is 37.2 Å². The Morgan fingerprint density at radius 3 is 1.00 bits per heavy atom. The summed E-state index contributed by atoms with van der Waals surface area (Å²) in [5, 5.41) is 0. The predicted molar refractivity (Wildman–Crippen MR) is 279 cm³/mol. The lowest BCUT2D eigenvalue weighted by atomic mass is 10.0. The highest BCUT2D eigenvalue weighted by molar-refractivity contribution is 5.71. The van der Waals surface area contributed by atoms with E-state index in [0.29, 0.717) is 19.3 Å². The summed E-state index contributed by atoms with van der Waals surface area (Å²) < 4.78 is 16.8. The van der Waals surface area contributed by atoms with Crippen molar-refractivity contribution < 1.29 is 28.6 Å². The molecular formula is C59H98O6. The molecule has 0 aliphatic carbocycles. The van der Waals surface area contributed by atoms with Gasteiger partial charge in [0.15, 0.2) is 6.10 Å². The lowest BCUT2D eigenvalue weighted by Gasteiger charge is -2.18. The van der Waals surface area contributed by atoms with Crippen molar-refractivity contribution in [2.75, 3.05) is 13.2 Å². The highest BCUT2D eigenvalue weighted by Gasteiger charge is 2.19. The molecule has 0 saturated heterocycles. The van der Waals surface area contributed by atoms with E-state index in [-0.39, 0.29) is 37.5 Å². The van der Waals surface area contributed by atoms with Crippen molar-refractivity contribution in [2.24, 2.45) is 0 Å². The zero-order valence-corrected chi connectivity index (χ0v) is 42.2. The first-order valence-corrected chi connectivity index (χ1v) is 26.7. The molecule has 65 heavy (non-hydrogen) atoms. The molecule has 0 N–H and O–H groups in total. The van der Waals surface area contributed by atoms with Crippen LogP contribution in [0.25, 0.3) is 0 Å². The number of hydrogen-bond donors (Lipinski definition) is 0. The van der Waals surface area contributed by atoms with Gasteiger partial charge in [-0.05, 0) is 89.9 Å². The largest absolute Gasteiger partial charge is 0.462 e. The molecule has 1 atom stereocenters. The van der Waals surface area contributed by atoms with E-state index in [1.165, 1.54) is 77.0 Å². The SMILES string of the molecule is CC/C=C\C/C=C\C/C=C\C/C=C\C/C=C\CCCC(=O)OC[C@@H](COC(=O)CCCCCCCCCCCCCCCCC)OC(=O)CCCCCCC/C=C\C/C=C\C/C=C\CC. The molecule has 0 aromatic heterocycles. The van der Waals surface area contributed by atoms with Crippen LogP contribution in [-0.2, 0) is 28.6 Å². The van der Waals surface area contributed by atoms with Crippen LogP contribution in [0.1, 0.15) is 239 Å². The van der Waals surface area contributed by atoms with Crippen LogP contribution in [0.15, 0.2) is 97.2 Å². The van der Waals surface area contributed by atoms with Crippen LogP contribution in [0, 0.1) is 0 Å². The topological polar surface area (TPSA) is 78.9 Å². The summed E-state index contributed by atoms with van der Waals surface area (Å²) in [4.78, 5) is 38.0. The van der Waals surface area contributed by atoms with E-state index in [4.69, 9.17) is 14.2 Å². The molecule has 0 unspecified atom stereocenters. The molecule has 0 aromatic carbocycles. The highest BCUT2D eigenvalue weighted by Crippen LogP contribution is 2.15. The number of hydrogen-bond acceptors (Lipinski definition) is 6. The zero-order valence-electron chi connectivity index (χ0n) is 42.2. The van der Waals surface area contributed by atoms with Crippen molar-refractivity contribution in [2.45, 2.75) is 245 Å². The summed E-state index contributed by atoms with van der Waals surface area (Å²) in [6.45, 7) is 6.35. The van der Waals surface area contributed by atoms with Crippen LogP contribution < -0.4 is 0 Å². The average molecular weight is 903 g/mol. The number of carbonyl (C=O) groups excluding carboxylic acids is 3. The van der Waals surface area contributed by atoms with E-state index in [1.54, 1.807) is 0 Å². The molecule has 0 amide bonds. The summed E-state index contributed by atoms with van der Waals surface area (Å²) in [6.07, 6.45) is 69.7. The fourth-order valence-electron chi connectivity index (χ4n) is 7.14. The molecule has 0 fully saturated rings. The van der Waals surface area contributed by atoms with Crippen LogP contribution in [0.4, 0.5) is 0 Å². The van der Waals surface area contributed by atoms with Gasteiger partial charge in [-0.15, -0.1) is 0 Å². The van der Waals surface area contributed by atoms with Gasteiger partial charge in [0.05, 0.1) is 0 Å². The first kappa shape index (κ1) is 61.3. The smallest absolute Gasteiger partial charge is 0.306 e. The second kappa shape index (κ2) is 52.9. The van der Waals surface area contributed by atoms with Gasteiger partial charge in [0, 0.05) is 19.3 Å². The van der Waals surface area contributed by atoms with Gasteiger partial charge < -0.3 is 14.2 Å². The molecule has 0 aliphatic heterocycles. The minimum absolute atomic E-state index is 0.101. The summed E-state index contributed by atoms with van der Waals surface area (Å²) in [6, 6.07) is 0.